The second-order valence-corrected chi connectivity index (χ2v) is 6.94. The first-order chi connectivity index (χ1) is 11.7. The molecule has 2 aliphatic heterocycles. The molecule has 2 fully saturated rings. The summed E-state index contributed by atoms with van der Waals surface area (Å²) in [7, 11) is 1.96. The number of likely N-dealkylation sites (tertiary alicyclic amines) is 1. The molecule has 2 aromatic heterocycles. The van der Waals surface area contributed by atoms with E-state index in [2.05, 4.69) is 21.2 Å². The van der Waals surface area contributed by atoms with Crippen LogP contribution < -0.4 is 0 Å². The second kappa shape index (κ2) is 6.63. The summed E-state index contributed by atoms with van der Waals surface area (Å²) in [5.41, 5.74) is 2.20. The Labute approximate surface area is 142 Å². The van der Waals surface area contributed by atoms with Gasteiger partial charge in [0.25, 0.3) is 0 Å². The maximum atomic E-state index is 6.17. The summed E-state index contributed by atoms with van der Waals surface area (Å²) in [5, 5.41) is 4.25. The third-order valence-corrected chi connectivity index (χ3v) is 4.93. The number of rotatable bonds is 5. The minimum Gasteiger partial charge on any atom is -0.371 e. The van der Waals surface area contributed by atoms with Crippen LogP contribution in [0.15, 0.2) is 36.8 Å². The first kappa shape index (κ1) is 15.7. The van der Waals surface area contributed by atoms with Crippen LogP contribution in [-0.4, -0.2) is 51.1 Å². The molecule has 2 saturated heterocycles. The maximum absolute atomic E-state index is 6.17. The Kier molecular flexibility index (Phi) is 4.35. The molecular weight excluding hydrogens is 304 g/mol. The monoisotopic (exact) mass is 328 g/mol. The number of nitrogens with zero attached hydrogens (tertiary/aromatic N) is 4. The Morgan fingerprint density at radius 3 is 3.17 bits per heavy atom. The van der Waals surface area contributed by atoms with Crippen LogP contribution in [0.5, 0.6) is 0 Å². The number of aromatic nitrogens is 3. The van der Waals surface area contributed by atoms with Gasteiger partial charge in [0.2, 0.25) is 0 Å². The van der Waals surface area contributed by atoms with Gasteiger partial charge in [-0.1, -0.05) is 6.07 Å². The molecule has 128 valence electrons. The molecule has 0 bridgehead atoms. The van der Waals surface area contributed by atoms with Gasteiger partial charge in [0, 0.05) is 51.1 Å². The van der Waals surface area contributed by atoms with Crippen molar-refractivity contribution < 1.29 is 9.47 Å². The maximum Gasteiger partial charge on any atom is 0.0892 e. The molecule has 0 amide bonds. The summed E-state index contributed by atoms with van der Waals surface area (Å²) in [6.07, 6.45) is 8.06. The van der Waals surface area contributed by atoms with E-state index in [-0.39, 0.29) is 11.7 Å². The minimum atomic E-state index is -0.0308. The van der Waals surface area contributed by atoms with Gasteiger partial charge in [0.15, 0.2) is 0 Å². The number of pyridine rings is 1. The summed E-state index contributed by atoms with van der Waals surface area (Å²) < 4.78 is 14.0. The van der Waals surface area contributed by atoms with Crippen LogP contribution >= 0.6 is 0 Å². The Morgan fingerprint density at radius 1 is 1.42 bits per heavy atom. The number of hydrogen-bond acceptors (Lipinski definition) is 5. The van der Waals surface area contributed by atoms with Gasteiger partial charge in [-0.05, 0) is 18.6 Å². The van der Waals surface area contributed by atoms with Crippen LogP contribution in [0, 0.1) is 0 Å². The van der Waals surface area contributed by atoms with Crippen LogP contribution in [0.4, 0.5) is 0 Å². The highest BCUT2D eigenvalue weighted by molar-refractivity contribution is 5.06. The van der Waals surface area contributed by atoms with Gasteiger partial charge in [-0.3, -0.25) is 14.6 Å². The summed E-state index contributed by atoms with van der Waals surface area (Å²) in [6.45, 7) is 4.24. The summed E-state index contributed by atoms with van der Waals surface area (Å²) >= 11 is 0. The zero-order valence-corrected chi connectivity index (χ0v) is 14.1. The summed E-state index contributed by atoms with van der Waals surface area (Å²) in [5.74, 6) is 0. The fourth-order valence-electron chi connectivity index (χ4n) is 3.75. The molecule has 0 aliphatic carbocycles. The zero-order chi connectivity index (χ0) is 16.4. The van der Waals surface area contributed by atoms with Crippen LogP contribution in [0.3, 0.4) is 0 Å². The number of aryl methyl sites for hydroxylation is 1. The number of ether oxygens (including phenoxy) is 2. The van der Waals surface area contributed by atoms with Gasteiger partial charge in [-0.2, -0.15) is 5.10 Å². The van der Waals surface area contributed by atoms with Crippen molar-refractivity contribution >= 4 is 0 Å². The lowest BCUT2D eigenvalue weighted by molar-refractivity contribution is -0.000796. The van der Waals surface area contributed by atoms with Gasteiger partial charge in [-0.15, -0.1) is 0 Å². The van der Waals surface area contributed by atoms with Crippen LogP contribution in [0.25, 0.3) is 0 Å². The molecule has 0 radical (unpaired) electrons. The highest BCUT2D eigenvalue weighted by Crippen LogP contribution is 2.36. The average Bonchev–Trinajstić information content (AvgIpc) is 3.29. The normalized spacial score (nSPS) is 27.3. The third kappa shape index (κ3) is 3.50. The molecule has 6 nitrogen and oxygen atoms in total. The van der Waals surface area contributed by atoms with Crippen molar-refractivity contribution in [2.45, 2.75) is 37.7 Å². The Bertz CT molecular complexity index is 675. The first-order valence-electron chi connectivity index (χ1n) is 8.56. The topological polar surface area (TPSA) is 52.4 Å². The van der Waals surface area contributed by atoms with Crippen LogP contribution in [-0.2, 0) is 29.7 Å². The molecule has 2 aliphatic rings. The lowest BCUT2D eigenvalue weighted by Gasteiger charge is -2.23. The SMILES string of the molecule is Cn1cc(CN2CC[C@@]3(C[C@@H](OCc4ccccn4)CO3)C2)cn1. The second-order valence-electron chi connectivity index (χ2n) is 6.94. The van der Waals surface area contributed by atoms with Gasteiger partial charge in [0.1, 0.15) is 0 Å². The Hall–Kier alpha value is -1.76. The van der Waals surface area contributed by atoms with Gasteiger partial charge in [-0.25, -0.2) is 0 Å². The van der Waals surface area contributed by atoms with Gasteiger partial charge in [0.05, 0.1) is 36.8 Å². The van der Waals surface area contributed by atoms with E-state index in [1.165, 1.54) is 5.56 Å². The van der Waals surface area contributed by atoms with Crippen molar-refractivity contribution in [2.24, 2.45) is 7.05 Å². The van der Waals surface area contributed by atoms with E-state index in [0.29, 0.717) is 13.2 Å². The summed E-state index contributed by atoms with van der Waals surface area (Å²) in [6, 6.07) is 5.91. The van der Waals surface area contributed by atoms with E-state index in [9.17, 15) is 0 Å². The third-order valence-electron chi connectivity index (χ3n) is 4.93. The van der Waals surface area contributed by atoms with E-state index in [0.717, 1.165) is 38.2 Å². The molecule has 4 heterocycles. The first-order valence-corrected chi connectivity index (χ1v) is 8.56. The van der Waals surface area contributed by atoms with Crippen molar-refractivity contribution in [1.82, 2.24) is 19.7 Å². The van der Waals surface area contributed by atoms with E-state index in [1.807, 2.05) is 36.1 Å². The molecule has 2 atom stereocenters. The van der Waals surface area contributed by atoms with Crippen molar-refractivity contribution in [2.75, 3.05) is 19.7 Å². The molecule has 0 unspecified atom stereocenters. The highest BCUT2D eigenvalue weighted by atomic mass is 16.6. The highest BCUT2D eigenvalue weighted by Gasteiger charge is 2.45. The molecular formula is C18H24N4O2. The van der Waals surface area contributed by atoms with Crippen molar-refractivity contribution in [3.63, 3.8) is 0 Å². The van der Waals surface area contributed by atoms with Crippen molar-refractivity contribution in [3.05, 3.63) is 48.0 Å². The molecule has 0 aromatic carbocycles. The smallest absolute Gasteiger partial charge is 0.0892 e. The van der Waals surface area contributed by atoms with Crippen molar-refractivity contribution in [3.8, 4) is 0 Å². The van der Waals surface area contributed by atoms with E-state index < -0.39 is 0 Å². The average molecular weight is 328 g/mol. The van der Waals surface area contributed by atoms with Crippen LogP contribution in [0.2, 0.25) is 0 Å². The van der Waals surface area contributed by atoms with E-state index in [4.69, 9.17) is 9.47 Å². The molecule has 4 rings (SSSR count). The molecule has 24 heavy (non-hydrogen) atoms. The molecule has 2 aromatic rings. The minimum absolute atomic E-state index is 0.0308. The summed E-state index contributed by atoms with van der Waals surface area (Å²) in [4.78, 5) is 6.76. The van der Waals surface area contributed by atoms with Gasteiger partial charge < -0.3 is 9.47 Å². The predicted molar refractivity (Wildman–Crippen MR) is 89.2 cm³/mol. The van der Waals surface area contributed by atoms with E-state index >= 15 is 0 Å². The molecule has 0 saturated carbocycles. The quantitative estimate of drug-likeness (QED) is 0.837. The van der Waals surface area contributed by atoms with Crippen LogP contribution in [0.1, 0.15) is 24.1 Å². The zero-order valence-electron chi connectivity index (χ0n) is 14.1. The lowest BCUT2D eigenvalue weighted by atomic mass is 9.98. The molecule has 6 heteroatoms. The fourth-order valence-corrected chi connectivity index (χ4v) is 3.75. The standard InChI is InChI=1S/C18H24N4O2/c1-21-10-15(9-20-21)11-22-7-5-18(14-22)8-17(13-24-18)23-12-16-4-2-3-6-19-16/h2-4,6,9-10,17H,5,7-8,11-14H2,1H3/t17-,18-/m1/s1. The van der Waals surface area contributed by atoms with Crippen molar-refractivity contribution in [1.29, 1.82) is 0 Å². The molecule has 1 spiro atoms. The predicted octanol–water partition coefficient (Wildman–Crippen LogP) is 1.77. The van der Waals surface area contributed by atoms with E-state index in [1.54, 1.807) is 6.20 Å². The van der Waals surface area contributed by atoms with Gasteiger partial charge >= 0.3 is 0 Å². The number of hydrogen-bond donors (Lipinski definition) is 0. The Morgan fingerprint density at radius 2 is 2.38 bits per heavy atom. The largest absolute Gasteiger partial charge is 0.371 e. The lowest BCUT2D eigenvalue weighted by Crippen LogP contribution is -2.32. The Balaban J connectivity index is 1.28. The fraction of sp³-hybridized carbons (Fsp3) is 0.556. The molecule has 0 N–H and O–H groups in total.